The number of hydrogen-bond donors (Lipinski definition) is 0. The molecule has 0 aromatic carbocycles. The summed E-state index contributed by atoms with van der Waals surface area (Å²) in [7, 11) is 2.17. The van der Waals surface area contributed by atoms with Gasteiger partial charge in [0.1, 0.15) is 0 Å². The third-order valence-corrected chi connectivity index (χ3v) is 3.07. The van der Waals surface area contributed by atoms with Gasteiger partial charge in [-0.25, -0.2) is 0 Å². The van der Waals surface area contributed by atoms with Crippen molar-refractivity contribution in [2.75, 3.05) is 53.0 Å². The van der Waals surface area contributed by atoms with Crippen LogP contribution in [-0.2, 0) is 9.47 Å². The van der Waals surface area contributed by atoms with Crippen molar-refractivity contribution < 1.29 is 9.47 Å². The van der Waals surface area contributed by atoms with Crippen LogP contribution in [0.5, 0.6) is 0 Å². The van der Waals surface area contributed by atoms with Crippen molar-refractivity contribution in [3.05, 3.63) is 0 Å². The van der Waals surface area contributed by atoms with Crippen molar-refractivity contribution >= 4 is 0 Å². The molecule has 2 unspecified atom stereocenters. The third kappa shape index (κ3) is 3.41. The minimum absolute atomic E-state index is 0.370. The van der Waals surface area contributed by atoms with Gasteiger partial charge >= 0.3 is 0 Å². The Bertz CT molecular complexity index is 185. The van der Waals surface area contributed by atoms with E-state index in [0.717, 1.165) is 45.9 Å². The zero-order chi connectivity index (χ0) is 10.7. The summed E-state index contributed by atoms with van der Waals surface area (Å²) in [5.41, 5.74) is 0. The summed E-state index contributed by atoms with van der Waals surface area (Å²) in [6, 6.07) is 0. The zero-order valence-electron chi connectivity index (χ0n) is 9.82. The Labute approximate surface area is 92.1 Å². The highest BCUT2D eigenvalue weighted by molar-refractivity contribution is 4.77. The fourth-order valence-corrected chi connectivity index (χ4v) is 2.45. The number of nitrogens with zero attached hydrogens (tertiary/aromatic N) is 2. The molecule has 2 atom stereocenters. The van der Waals surface area contributed by atoms with Crippen LogP contribution in [0.2, 0.25) is 0 Å². The largest absolute Gasteiger partial charge is 0.379 e. The molecule has 2 heterocycles. The van der Waals surface area contributed by atoms with Crippen LogP contribution in [0.4, 0.5) is 0 Å². The predicted molar refractivity (Wildman–Crippen MR) is 59.1 cm³/mol. The Morgan fingerprint density at radius 1 is 1.20 bits per heavy atom. The van der Waals surface area contributed by atoms with E-state index in [9.17, 15) is 0 Å². The van der Waals surface area contributed by atoms with Crippen LogP contribution < -0.4 is 0 Å². The summed E-state index contributed by atoms with van der Waals surface area (Å²) in [4.78, 5) is 4.80. The highest BCUT2D eigenvalue weighted by Crippen LogP contribution is 2.11. The van der Waals surface area contributed by atoms with E-state index in [-0.39, 0.29) is 0 Å². The molecule has 2 rings (SSSR count). The van der Waals surface area contributed by atoms with Gasteiger partial charge in [0.15, 0.2) is 0 Å². The topological polar surface area (TPSA) is 24.9 Å². The lowest BCUT2D eigenvalue weighted by molar-refractivity contribution is -0.0886. The van der Waals surface area contributed by atoms with Crippen molar-refractivity contribution in [3.63, 3.8) is 0 Å². The molecule has 0 spiro atoms. The fraction of sp³-hybridized carbons (Fsp3) is 1.00. The van der Waals surface area contributed by atoms with Crippen LogP contribution in [0.3, 0.4) is 0 Å². The van der Waals surface area contributed by atoms with Gasteiger partial charge in [-0.05, 0) is 14.0 Å². The quantitative estimate of drug-likeness (QED) is 0.648. The second-order valence-electron chi connectivity index (χ2n) is 4.70. The molecule has 2 aliphatic heterocycles. The Hall–Kier alpha value is -0.160. The first-order chi connectivity index (χ1) is 7.24. The summed E-state index contributed by atoms with van der Waals surface area (Å²) < 4.78 is 11.3. The summed E-state index contributed by atoms with van der Waals surface area (Å²) in [6.45, 7) is 9.17. The molecule has 0 bridgehead atoms. The molecule has 88 valence electrons. The van der Waals surface area contributed by atoms with Crippen molar-refractivity contribution in [1.82, 2.24) is 9.80 Å². The summed E-state index contributed by atoms with van der Waals surface area (Å²) >= 11 is 0. The van der Waals surface area contributed by atoms with E-state index in [1.165, 1.54) is 0 Å². The maximum absolute atomic E-state index is 5.94. The number of rotatable bonds is 2. The first kappa shape index (κ1) is 11.3. The van der Waals surface area contributed by atoms with Gasteiger partial charge in [0.05, 0.1) is 25.4 Å². The lowest BCUT2D eigenvalue weighted by atomic mass is 10.2. The minimum Gasteiger partial charge on any atom is -0.379 e. The van der Waals surface area contributed by atoms with Crippen LogP contribution >= 0.6 is 0 Å². The average molecular weight is 214 g/mol. The molecule has 15 heavy (non-hydrogen) atoms. The van der Waals surface area contributed by atoms with Crippen LogP contribution in [0.15, 0.2) is 0 Å². The van der Waals surface area contributed by atoms with E-state index in [1.54, 1.807) is 0 Å². The molecule has 0 radical (unpaired) electrons. The van der Waals surface area contributed by atoms with E-state index >= 15 is 0 Å². The Kier molecular flexibility index (Phi) is 3.97. The highest BCUT2D eigenvalue weighted by Gasteiger charge is 2.25. The lowest BCUT2D eigenvalue weighted by Gasteiger charge is -2.38. The molecule has 4 heteroatoms. The SMILES string of the molecule is CC1CN(C)CC(CN2CCOCC2)O1. The van der Waals surface area contributed by atoms with E-state index < -0.39 is 0 Å². The van der Waals surface area contributed by atoms with Crippen molar-refractivity contribution in [3.8, 4) is 0 Å². The molecule has 0 aromatic rings. The smallest absolute Gasteiger partial charge is 0.0832 e. The van der Waals surface area contributed by atoms with E-state index in [1.807, 2.05) is 0 Å². The van der Waals surface area contributed by atoms with E-state index in [2.05, 4.69) is 23.8 Å². The second kappa shape index (κ2) is 5.25. The molecule has 2 saturated heterocycles. The maximum atomic E-state index is 5.94. The summed E-state index contributed by atoms with van der Waals surface area (Å²) in [6.07, 6.45) is 0.742. The monoisotopic (exact) mass is 214 g/mol. The number of likely N-dealkylation sites (N-methyl/N-ethyl adjacent to an activating group) is 1. The Morgan fingerprint density at radius 2 is 1.93 bits per heavy atom. The molecule has 0 aromatic heterocycles. The van der Waals surface area contributed by atoms with Crippen molar-refractivity contribution in [2.24, 2.45) is 0 Å². The zero-order valence-corrected chi connectivity index (χ0v) is 9.82. The standard InChI is InChI=1S/C11H22N2O2/c1-10-7-12(2)8-11(15-10)9-13-3-5-14-6-4-13/h10-11H,3-9H2,1-2H3. The predicted octanol–water partition coefficient (Wildman–Crippen LogP) is 0.0377. The highest BCUT2D eigenvalue weighted by atomic mass is 16.5. The number of hydrogen-bond acceptors (Lipinski definition) is 4. The van der Waals surface area contributed by atoms with Gasteiger partial charge in [-0.15, -0.1) is 0 Å². The van der Waals surface area contributed by atoms with Gasteiger partial charge in [-0.3, -0.25) is 4.90 Å². The molecule has 0 saturated carbocycles. The van der Waals surface area contributed by atoms with Gasteiger partial charge in [-0.1, -0.05) is 0 Å². The maximum Gasteiger partial charge on any atom is 0.0832 e. The van der Waals surface area contributed by atoms with Crippen LogP contribution in [-0.4, -0.2) is 75.0 Å². The van der Waals surface area contributed by atoms with Crippen molar-refractivity contribution in [2.45, 2.75) is 19.1 Å². The molecule has 0 N–H and O–H groups in total. The number of ether oxygens (including phenoxy) is 2. The van der Waals surface area contributed by atoms with E-state index in [0.29, 0.717) is 12.2 Å². The van der Waals surface area contributed by atoms with Crippen LogP contribution in [0.25, 0.3) is 0 Å². The average Bonchev–Trinajstić information content (AvgIpc) is 2.17. The molecule has 0 amide bonds. The van der Waals surface area contributed by atoms with Gasteiger partial charge in [0.2, 0.25) is 0 Å². The van der Waals surface area contributed by atoms with Crippen LogP contribution in [0.1, 0.15) is 6.92 Å². The molecule has 2 fully saturated rings. The molecule has 2 aliphatic rings. The Morgan fingerprint density at radius 3 is 2.60 bits per heavy atom. The normalized spacial score (nSPS) is 35.6. The third-order valence-electron chi connectivity index (χ3n) is 3.07. The molecule has 4 nitrogen and oxygen atoms in total. The first-order valence-corrected chi connectivity index (χ1v) is 5.88. The molecular formula is C11H22N2O2. The second-order valence-corrected chi connectivity index (χ2v) is 4.70. The van der Waals surface area contributed by atoms with E-state index in [4.69, 9.17) is 9.47 Å². The Balaban J connectivity index is 1.77. The van der Waals surface area contributed by atoms with Gasteiger partial charge in [-0.2, -0.15) is 0 Å². The first-order valence-electron chi connectivity index (χ1n) is 5.88. The lowest BCUT2D eigenvalue weighted by Crippen LogP contribution is -2.50. The van der Waals surface area contributed by atoms with Crippen LogP contribution in [0, 0.1) is 0 Å². The van der Waals surface area contributed by atoms with Crippen molar-refractivity contribution in [1.29, 1.82) is 0 Å². The number of morpholine rings is 2. The van der Waals surface area contributed by atoms with Gasteiger partial charge < -0.3 is 14.4 Å². The molecular weight excluding hydrogens is 192 g/mol. The van der Waals surface area contributed by atoms with Gasteiger partial charge in [0.25, 0.3) is 0 Å². The minimum atomic E-state index is 0.370. The fourth-order valence-electron chi connectivity index (χ4n) is 2.45. The van der Waals surface area contributed by atoms with Gasteiger partial charge in [0, 0.05) is 32.7 Å². The molecule has 0 aliphatic carbocycles. The summed E-state index contributed by atoms with van der Waals surface area (Å²) in [5, 5.41) is 0. The summed E-state index contributed by atoms with van der Waals surface area (Å²) in [5.74, 6) is 0.